The molecule has 2 N–H and O–H groups in total. The summed E-state index contributed by atoms with van der Waals surface area (Å²) in [6.07, 6.45) is 2.72. The van der Waals surface area contributed by atoms with E-state index < -0.39 is 0 Å². The molecule has 0 bridgehead atoms. The normalized spacial score (nSPS) is 12.2. The highest BCUT2D eigenvalue weighted by Crippen LogP contribution is 2.05. The molecule has 1 amide bonds. The molecular formula is C14H23N3O2. The Bertz CT molecular complexity index is 396. The van der Waals surface area contributed by atoms with Crippen molar-refractivity contribution >= 4 is 5.91 Å². The monoisotopic (exact) mass is 265 g/mol. The highest BCUT2D eigenvalue weighted by molar-refractivity contribution is 5.78. The van der Waals surface area contributed by atoms with E-state index in [1.165, 1.54) is 5.56 Å². The highest BCUT2D eigenvalue weighted by atomic mass is 16.5. The molecule has 1 heterocycles. The van der Waals surface area contributed by atoms with Gasteiger partial charge in [0.25, 0.3) is 0 Å². The van der Waals surface area contributed by atoms with Crippen LogP contribution >= 0.6 is 0 Å². The average molecular weight is 265 g/mol. The fraction of sp³-hybridized carbons (Fsp3) is 0.571. The van der Waals surface area contributed by atoms with Crippen LogP contribution in [0.3, 0.4) is 0 Å². The van der Waals surface area contributed by atoms with E-state index in [4.69, 9.17) is 4.74 Å². The average Bonchev–Trinajstić information content (AvgIpc) is 2.39. The number of nitrogens with zero attached hydrogens (tertiary/aromatic N) is 1. The first kappa shape index (κ1) is 15.6. The molecule has 0 radical (unpaired) electrons. The first-order valence-corrected chi connectivity index (χ1v) is 6.59. The summed E-state index contributed by atoms with van der Waals surface area (Å²) < 4.78 is 4.96. The number of carbonyl (C=O) groups is 1. The van der Waals surface area contributed by atoms with Gasteiger partial charge in [0.1, 0.15) is 0 Å². The van der Waals surface area contributed by atoms with Crippen molar-refractivity contribution in [1.82, 2.24) is 15.6 Å². The molecule has 1 atom stereocenters. The summed E-state index contributed by atoms with van der Waals surface area (Å²) in [5, 5.41) is 5.96. The molecule has 0 saturated carbocycles. The van der Waals surface area contributed by atoms with Crippen molar-refractivity contribution in [3.05, 3.63) is 29.6 Å². The van der Waals surface area contributed by atoms with Gasteiger partial charge in [0.05, 0.1) is 18.8 Å². The van der Waals surface area contributed by atoms with Crippen LogP contribution in [0.15, 0.2) is 18.3 Å². The molecule has 1 aromatic rings. The molecule has 1 unspecified atom stereocenters. The van der Waals surface area contributed by atoms with Gasteiger partial charge < -0.3 is 15.4 Å². The molecule has 0 aromatic carbocycles. The van der Waals surface area contributed by atoms with Gasteiger partial charge in [-0.3, -0.25) is 9.78 Å². The molecule has 0 spiro atoms. The van der Waals surface area contributed by atoms with Gasteiger partial charge in [0.2, 0.25) is 5.91 Å². The second-order valence-corrected chi connectivity index (χ2v) is 4.49. The molecule has 1 rings (SSSR count). The van der Waals surface area contributed by atoms with Crippen molar-refractivity contribution < 1.29 is 9.53 Å². The number of rotatable bonds is 8. The highest BCUT2D eigenvalue weighted by Gasteiger charge is 2.07. The Labute approximate surface area is 114 Å². The molecule has 0 aliphatic heterocycles. The van der Waals surface area contributed by atoms with Gasteiger partial charge in [0.15, 0.2) is 0 Å². The van der Waals surface area contributed by atoms with Crippen LogP contribution < -0.4 is 10.6 Å². The van der Waals surface area contributed by atoms with E-state index in [0.717, 1.165) is 12.1 Å². The van der Waals surface area contributed by atoms with Crippen LogP contribution in [0.2, 0.25) is 0 Å². The van der Waals surface area contributed by atoms with E-state index in [-0.39, 0.29) is 18.5 Å². The van der Waals surface area contributed by atoms with E-state index in [1.807, 2.05) is 13.0 Å². The molecule has 106 valence electrons. The Morgan fingerprint density at radius 2 is 2.32 bits per heavy atom. The van der Waals surface area contributed by atoms with Crippen molar-refractivity contribution in [3.8, 4) is 0 Å². The first-order chi connectivity index (χ1) is 9.17. The molecule has 0 fully saturated rings. The largest absolute Gasteiger partial charge is 0.383 e. The third-order valence-electron chi connectivity index (χ3n) is 2.77. The lowest BCUT2D eigenvalue weighted by atomic mass is 10.1. The summed E-state index contributed by atoms with van der Waals surface area (Å²) in [4.78, 5) is 15.9. The number of pyridine rings is 1. The smallest absolute Gasteiger partial charge is 0.234 e. The van der Waals surface area contributed by atoms with Crippen LogP contribution in [0.1, 0.15) is 25.1 Å². The predicted octanol–water partition coefficient (Wildman–Crippen LogP) is 0.885. The number of nitrogens with one attached hydrogen (secondary N) is 2. The number of amides is 1. The van der Waals surface area contributed by atoms with Crippen LogP contribution in [-0.2, 0) is 22.5 Å². The predicted molar refractivity (Wildman–Crippen MR) is 74.8 cm³/mol. The number of aromatic nitrogens is 1. The summed E-state index contributed by atoms with van der Waals surface area (Å²) >= 11 is 0. The SMILES string of the molecule is CCc1cccnc1CNCC(=O)NC(C)COC. The van der Waals surface area contributed by atoms with Gasteiger partial charge in [-0.2, -0.15) is 0 Å². The van der Waals surface area contributed by atoms with Crippen molar-refractivity contribution in [1.29, 1.82) is 0 Å². The maximum atomic E-state index is 11.6. The molecule has 1 aromatic heterocycles. The first-order valence-electron chi connectivity index (χ1n) is 6.59. The zero-order chi connectivity index (χ0) is 14.1. The van der Waals surface area contributed by atoms with E-state index in [2.05, 4.69) is 28.6 Å². The molecule has 0 saturated heterocycles. The van der Waals surface area contributed by atoms with E-state index in [9.17, 15) is 4.79 Å². The number of hydrogen-bond acceptors (Lipinski definition) is 4. The zero-order valence-electron chi connectivity index (χ0n) is 11.9. The topological polar surface area (TPSA) is 63.2 Å². The third kappa shape index (κ3) is 5.81. The van der Waals surface area contributed by atoms with E-state index >= 15 is 0 Å². The number of aryl methyl sites for hydroxylation is 1. The summed E-state index contributed by atoms with van der Waals surface area (Å²) in [7, 11) is 1.62. The number of carbonyl (C=O) groups excluding carboxylic acids is 1. The number of ether oxygens (including phenoxy) is 1. The summed E-state index contributed by atoms with van der Waals surface area (Å²) in [5.74, 6) is -0.0291. The Morgan fingerprint density at radius 1 is 1.53 bits per heavy atom. The lowest BCUT2D eigenvalue weighted by molar-refractivity contribution is -0.121. The molecule has 0 aliphatic rings. The summed E-state index contributed by atoms with van der Waals surface area (Å²) in [6, 6.07) is 4.02. The van der Waals surface area contributed by atoms with Gasteiger partial charge in [-0.05, 0) is 25.0 Å². The minimum absolute atomic E-state index is 0.0281. The third-order valence-corrected chi connectivity index (χ3v) is 2.77. The van der Waals surface area contributed by atoms with Gasteiger partial charge in [-0.25, -0.2) is 0 Å². The minimum atomic E-state index is -0.0291. The van der Waals surface area contributed by atoms with Gasteiger partial charge in [-0.15, -0.1) is 0 Å². The van der Waals surface area contributed by atoms with Crippen LogP contribution in [0.4, 0.5) is 0 Å². The Hall–Kier alpha value is -1.46. The van der Waals surface area contributed by atoms with Gasteiger partial charge in [0, 0.05) is 25.9 Å². The van der Waals surface area contributed by atoms with Crippen LogP contribution in [0.25, 0.3) is 0 Å². The molecule has 5 heteroatoms. The summed E-state index contributed by atoms with van der Waals surface area (Å²) in [5.41, 5.74) is 2.21. The standard InChI is InChI=1S/C14H23N3O2/c1-4-12-6-5-7-16-13(12)8-15-9-14(18)17-11(2)10-19-3/h5-7,11,15H,4,8-10H2,1-3H3,(H,17,18). The van der Waals surface area contributed by atoms with Crippen molar-refractivity contribution in [2.45, 2.75) is 32.9 Å². The fourth-order valence-electron chi connectivity index (χ4n) is 1.86. The number of hydrogen-bond donors (Lipinski definition) is 2. The molecule has 5 nitrogen and oxygen atoms in total. The van der Waals surface area contributed by atoms with E-state index in [0.29, 0.717) is 13.2 Å². The quantitative estimate of drug-likeness (QED) is 0.732. The van der Waals surface area contributed by atoms with Crippen LogP contribution in [-0.4, -0.2) is 37.2 Å². The summed E-state index contributed by atoms with van der Waals surface area (Å²) in [6.45, 7) is 5.42. The van der Waals surface area contributed by atoms with Gasteiger partial charge in [-0.1, -0.05) is 13.0 Å². The Balaban J connectivity index is 2.31. The maximum absolute atomic E-state index is 11.6. The maximum Gasteiger partial charge on any atom is 0.234 e. The van der Waals surface area contributed by atoms with Crippen molar-refractivity contribution in [2.75, 3.05) is 20.3 Å². The lowest BCUT2D eigenvalue weighted by Crippen LogP contribution is -2.40. The van der Waals surface area contributed by atoms with Crippen molar-refractivity contribution in [2.24, 2.45) is 0 Å². The van der Waals surface area contributed by atoms with Crippen LogP contribution in [0, 0.1) is 0 Å². The molecular weight excluding hydrogens is 242 g/mol. The second kappa shape index (κ2) is 8.61. The Morgan fingerprint density at radius 3 is 3.00 bits per heavy atom. The van der Waals surface area contributed by atoms with E-state index in [1.54, 1.807) is 13.3 Å². The van der Waals surface area contributed by atoms with Crippen LogP contribution in [0.5, 0.6) is 0 Å². The molecule has 0 aliphatic carbocycles. The second-order valence-electron chi connectivity index (χ2n) is 4.49. The zero-order valence-corrected chi connectivity index (χ0v) is 11.9. The minimum Gasteiger partial charge on any atom is -0.383 e. The Kier molecular flexibility index (Phi) is 7.07. The number of methoxy groups -OCH3 is 1. The van der Waals surface area contributed by atoms with Crippen molar-refractivity contribution in [3.63, 3.8) is 0 Å². The lowest BCUT2D eigenvalue weighted by Gasteiger charge is -2.13. The fourth-order valence-corrected chi connectivity index (χ4v) is 1.86. The van der Waals surface area contributed by atoms with Gasteiger partial charge >= 0.3 is 0 Å². The molecule has 19 heavy (non-hydrogen) atoms.